The Kier molecular flexibility index (Phi) is 4.91. The molecular weight excluding hydrogens is 306 g/mol. The SMILES string of the molecule is Cc1cccc(C)c1C1CC1Cc1cccc(CN2CCOCC2)c1. The van der Waals surface area contributed by atoms with Crippen LogP contribution in [0.1, 0.15) is 40.2 Å². The van der Waals surface area contributed by atoms with E-state index >= 15 is 0 Å². The maximum absolute atomic E-state index is 5.45. The van der Waals surface area contributed by atoms with Crippen LogP contribution in [0.25, 0.3) is 0 Å². The smallest absolute Gasteiger partial charge is 0.0594 e. The van der Waals surface area contributed by atoms with Gasteiger partial charge in [0, 0.05) is 19.6 Å². The van der Waals surface area contributed by atoms with Crippen LogP contribution in [0.4, 0.5) is 0 Å². The molecule has 1 aliphatic carbocycles. The fourth-order valence-electron chi connectivity index (χ4n) is 4.41. The summed E-state index contributed by atoms with van der Waals surface area (Å²) in [5, 5.41) is 0. The Balaban J connectivity index is 1.40. The van der Waals surface area contributed by atoms with Crippen LogP contribution in [-0.2, 0) is 17.7 Å². The zero-order valence-electron chi connectivity index (χ0n) is 15.5. The average Bonchev–Trinajstić information content (AvgIpc) is 3.34. The minimum absolute atomic E-state index is 0.768. The molecule has 2 atom stereocenters. The van der Waals surface area contributed by atoms with E-state index in [9.17, 15) is 0 Å². The lowest BCUT2D eigenvalue weighted by molar-refractivity contribution is 0.0342. The Morgan fingerprint density at radius 3 is 2.40 bits per heavy atom. The van der Waals surface area contributed by atoms with Crippen LogP contribution in [0.15, 0.2) is 42.5 Å². The van der Waals surface area contributed by atoms with Gasteiger partial charge in [-0.05, 0) is 66.3 Å². The Morgan fingerprint density at radius 1 is 0.960 bits per heavy atom. The van der Waals surface area contributed by atoms with Crippen molar-refractivity contribution in [1.82, 2.24) is 4.90 Å². The quantitative estimate of drug-likeness (QED) is 0.799. The predicted octanol–water partition coefficient (Wildman–Crippen LogP) is 4.48. The van der Waals surface area contributed by atoms with Crippen molar-refractivity contribution in [2.24, 2.45) is 5.92 Å². The van der Waals surface area contributed by atoms with E-state index in [-0.39, 0.29) is 0 Å². The average molecular weight is 335 g/mol. The number of hydrogen-bond acceptors (Lipinski definition) is 2. The van der Waals surface area contributed by atoms with Crippen molar-refractivity contribution >= 4 is 0 Å². The standard InChI is InChI=1S/C23H29NO/c1-17-5-3-6-18(2)23(17)22-15-21(22)14-19-7-4-8-20(13-19)16-24-9-11-25-12-10-24/h3-8,13,21-22H,9-12,14-16H2,1-2H3. The molecule has 1 heterocycles. The number of hydrogen-bond donors (Lipinski definition) is 0. The summed E-state index contributed by atoms with van der Waals surface area (Å²) >= 11 is 0. The first-order valence-electron chi connectivity index (χ1n) is 9.65. The topological polar surface area (TPSA) is 12.5 Å². The summed E-state index contributed by atoms with van der Waals surface area (Å²) in [4.78, 5) is 2.50. The Bertz CT molecular complexity index is 712. The van der Waals surface area contributed by atoms with E-state index < -0.39 is 0 Å². The molecule has 1 aliphatic heterocycles. The zero-order chi connectivity index (χ0) is 17.2. The number of benzene rings is 2. The third-order valence-electron chi connectivity index (χ3n) is 5.83. The van der Waals surface area contributed by atoms with E-state index in [1.54, 1.807) is 5.56 Å². The first-order valence-corrected chi connectivity index (χ1v) is 9.65. The van der Waals surface area contributed by atoms with Crippen molar-refractivity contribution in [1.29, 1.82) is 0 Å². The van der Waals surface area contributed by atoms with Gasteiger partial charge in [0.1, 0.15) is 0 Å². The summed E-state index contributed by atoms with van der Waals surface area (Å²) in [5.41, 5.74) is 7.49. The molecule has 0 spiro atoms. The minimum Gasteiger partial charge on any atom is -0.379 e. The summed E-state index contributed by atoms with van der Waals surface area (Å²) in [6, 6.07) is 16.0. The number of morpholine rings is 1. The second-order valence-corrected chi connectivity index (χ2v) is 7.82. The Labute approximate surface area is 151 Å². The van der Waals surface area contributed by atoms with Crippen LogP contribution in [0.2, 0.25) is 0 Å². The van der Waals surface area contributed by atoms with Gasteiger partial charge in [0.15, 0.2) is 0 Å². The van der Waals surface area contributed by atoms with Crippen molar-refractivity contribution in [3.8, 4) is 0 Å². The van der Waals surface area contributed by atoms with Gasteiger partial charge in [-0.25, -0.2) is 0 Å². The fourth-order valence-corrected chi connectivity index (χ4v) is 4.41. The Morgan fingerprint density at radius 2 is 1.64 bits per heavy atom. The van der Waals surface area contributed by atoms with Crippen molar-refractivity contribution in [3.05, 3.63) is 70.3 Å². The molecule has 0 bridgehead atoms. The van der Waals surface area contributed by atoms with Gasteiger partial charge in [0.2, 0.25) is 0 Å². The molecule has 0 amide bonds. The second-order valence-electron chi connectivity index (χ2n) is 7.82. The van der Waals surface area contributed by atoms with Gasteiger partial charge in [-0.15, -0.1) is 0 Å². The molecule has 2 aromatic carbocycles. The zero-order valence-corrected chi connectivity index (χ0v) is 15.5. The molecule has 2 nitrogen and oxygen atoms in total. The summed E-state index contributed by atoms with van der Waals surface area (Å²) < 4.78 is 5.45. The van der Waals surface area contributed by atoms with E-state index in [0.717, 1.165) is 44.7 Å². The third kappa shape index (κ3) is 3.96. The molecule has 2 aliphatic rings. The molecule has 25 heavy (non-hydrogen) atoms. The molecule has 0 aromatic heterocycles. The molecule has 4 rings (SSSR count). The molecule has 2 aromatic rings. The summed E-state index contributed by atoms with van der Waals surface area (Å²) in [6.45, 7) is 9.45. The minimum atomic E-state index is 0.768. The summed E-state index contributed by atoms with van der Waals surface area (Å²) in [5.74, 6) is 1.59. The molecule has 2 unspecified atom stereocenters. The van der Waals surface area contributed by atoms with E-state index in [1.807, 2.05) is 0 Å². The van der Waals surface area contributed by atoms with Crippen LogP contribution in [0, 0.1) is 19.8 Å². The van der Waals surface area contributed by atoms with Crippen LogP contribution >= 0.6 is 0 Å². The van der Waals surface area contributed by atoms with Gasteiger partial charge in [-0.3, -0.25) is 4.90 Å². The van der Waals surface area contributed by atoms with Gasteiger partial charge in [-0.1, -0.05) is 42.5 Å². The highest BCUT2D eigenvalue weighted by atomic mass is 16.5. The molecule has 0 radical (unpaired) electrons. The van der Waals surface area contributed by atoms with Crippen LogP contribution in [-0.4, -0.2) is 31.2 Å². The number of nitrogens with zero attached hydrogens (tertiary/aromatic N) is 1. The normalized spacial score (nSPS) is 23.6. The van der Waals surface area contributed by atoms with Gasteiger partial charge >= 0.3 is 0 Å². The Hall–Kier alpha value is -1.64. The second kappa shape index (κ2) is 7.31. The summed E-state index contributed by atoms with van der Waals surface area (Å²) in [7, 11) is 0. The van der Waals surface area contributed by atoms with Crippen molar-refractivity contribution in [2.75, 3.05) is 26.3 Å². The van der Waals surface area contributed by atoms with Crippen LogP contribution in [0.5, 0.6) is 0 Å². The van der Waals surface area contributed by atoms with Crippen molar-refractivity contribution in [2.45, 2.75) is 39.2 Å². The lowest BCUT2D eigenvalue weighted by Crippen LogP contribution is -2.35. The largest absolute Gasteiger partial charge is 0.379 e. The fraction of sp³-hybridized carbons (Fsp3) is 0.478. The first kappa shape index (κ1) is 16.8. The number of rotatable bonds is 5. The molecule has 1 saturated carbocycles. The molecule has 2 heteroatoms. The third-order valence-corrected chi connectivity index (χ3v) is 5.83. The molecule has 1 saturated heterocycles. The highest BCUT2D eigenvalue weighted by Gasteiger charge is 2.39. The van der Waals surface area contributed by atoms with E-state index in [4.69, 9.17) is 4.74 Å². The lowest BCUT2D eigenvalue weighted by Gasteiger charge is -2.26. The van der Waals surface area contributed by atoms with Crippen LogP contribution in [0.3, 0.4) is 0 Å². The van der Waals surface area contributed by atoms with E-state index in [2.05, 4.69) is 61.2 Å². The highest BCUT2D eigenvalue weighted by Crippen LogP contribution is 2.51. The van der Waals surface area contributed by atoms with Gasteiger partial charge in [-0.2, -0.15) is 0 Å². The maximum Gasteiger partial charge on any atom is 0.0594 e. The predicted molar refractivity (Wildman–Crippen MR) is 103 cm³/mol. The van der Waals surface area contributed by atoms with Crippen molar-refractivity contribution < 1.29 is 4.74 Å². The van der Waals surface area contributed by atoms with Gasteiger partial charge in [0.25, 0.3) is 0 Å². The number of ether oxygens (including phenoxy) is 1. The summed E-state index contributed by atoms with van der Waals surface area (Å²) in [6.07, 6.45) is 2.56. The molecular formula is C23H29NO. The monoisotopic (exact) mass is 335 g/mol. The van der Waals surface area contributed by atoms with Gasteiger partial charge < -0.3 is 4.74 Å². The molecule has 0 N–H and O–H groups in total. The highest BCUT2D eigenvalue weighted by molar-refractivity contribution is 5.40. The maximum atomic E-state index is 5.45. The van der Waals surface area contributed by atoms with E-state index in [1.165, 1.54) is 35.1 Å². The van der Waals surface area contributed by atoms with Crippen LogP contribution < -0.4 is 0 Å². The van der Waals surface area contributed by atoms with E-state index in [0.29, 0.717) is 0 Å². The molecule has 2 fully saturated rings. The van der Waals surface area contributed by atoms with Gasteiger partial charge in [0.05, 0.1) is 13.2 Å². The van der Waals surface area contributed by atoms with Crippen molar-refractivity contribution in [3.63, 3.8) is 0 Å². The molecule has 132 valence electrons. The number of aryl methyl sites for hydroxylation is 2. The lowest BCUT2D eigenvalue weighted by atomic mass is 9.96. The first-order chi connectivity index (χ1) is 12.2.